The summed E-state index contributed by atoms with van der Waals surface area (Å²) in [5.74, 6) is 1.32. The lowest BCUT2D eigenvalue weighted by atomic mass is 9.92. The van der Waals surface area contributed by atoms with Gasteiger partial charge < -0.3 is 15.6 Å². The number of hydrogen-bond acceptors (Lipinski definition) is 4. The summed E-state index contributed by atoms with van der Waals surface area (Å²) in [6.45, 7) is 5.11. The van der Waals surface area contributed by atoms with Crippen molar-refractivity contribution in [2.24, 2.45) is 11.7 Å². The van der Waals surface area contributed by atoms with Gasteiger partial charge in [-0.15, -0.1) is 12.4 Å². The predicted molar refractivity (Wildman–Crippen MR) is 83.6 cm³/mol. The van der Waals surface area contributed by atoms with E-state index in [1.54, 1.807) is 13.2 Å². The van der Waals surface area contributed by atoms with Crippen LogP contribution in [-0.2, 0) is 6.54 Å². The van der Waals surface area contributed by atoms with Gasteiger partial charge in [0.05, 0.1) is 7.11 Å². The molecule has 0 aliphatic carbocycles. The van der Waals surface area contributed by atoms with E-state index in [4.69, 9.17) is 10.5 Å². The van der Waals surface area contributed by atoms with E-state index in [0.717, 1.165) is 25.2 Å². The lowest BCUT2D eigenvalue weighted by Crippen LogP contribution is -2.41. The molecule has 0 spiro atoms. The predicted octanol–water partition coefficient (Wildman–Crippen LogP) is 2.38. The largest absolute Gasteiger partial charge is 0.504 e. The molecule has 1 aromatic carbocycles. The molecule has 1 aliphatic heterocycles. The highest BCUT2D eigenvalue weighted by Crippen LogP contribution is 2.27. The zero-order chi connectivity index (χ0) is 13.8. The quantitative estimate of drug-likeness (QED) is 0.896. The van der Waals surface area contributed by atoms with Crippen molar-refractivity contribution in [2.75, 3.05) is 20.2 Å². The Balaban J connectivity index is 0.00000200. The average molecular weight is 301 g/mol. The molecule has 0 radical (unpaired) electrons. The van der Waals surface area contributed by atoms with Crippen molar-refractivity contribution in [3.8, 4) is 11.5 Å². The summed E-state index contributed by atoms with van der Waals surface area (Å²) in [6, 6.07) is 5.87. The van der Waals surface area contributed by atoms with Crippen molar-refractivity contribution >= 4 is 12.4 Å². The highest BCUT2D eigenvalue weighted by atomic mass is 35.5. The monoisotopic (exact) mass is 300 g/mol. The molecule has 0 bridgehead atoms. The third-order valence-electron chi connectivity index (χ3n) is 3.93. The van der Waals surface area contributed by atoms with E-state index in [-0.39, 0.29) is 24.2 Å². The topological polar surface area (TPSA) is 58.7 Å². The SMILES string of the molecule is COc1ccc(CN2CCCC(C(C)N)C2)cc1O.Cl. The second-order valence-corrected chi connectivity index (χ2v) is 5.50. The van der Waals surface area contributed by atoms with E-state index < -0.39 is 0 Å². The lowest BCUT2D eigenvalue weighted by molar-refractivity contribution is 0.154. The fraction of sp³-hybridized carbons (Fsp3) is 0.600. The Kier molecular flexibility index (Phi) is 6.59. The van der Waals surface area contributed by atoms with Gasteiger partial charge in [-0.3, -0.25) is 4.90 Å². The average Bonchev–Trinajstić information content (AvgIpc) is 2.39. The van der Waals surface area contributed by atoms with Crippen molar-refractivity contribution in [3.63, 3.8) is 0 Å². The summed E-state index contributed by atoms with van der Waals surface area (Å²) in [5.41, 5.74) is 7.12. The van der Waals surface area contributed by atoms with Crippen LogP contribution in [0.5, 0.6) is 11.5 Å². The first-order valence-corrected chi connectivity index (χ1v) is 6.94. The molecular weight excluding hydrogens is 276 g/mol. The Morgan fingerprint density at radius 3 is 2.85 bits per heavy atom. The molecule has 1 fully saturated rings. The van der Waals surface area contributed by atoms with E-state index in [9.17, 15) is 5.11 Å². The number of likely N-dealkylation sites (tertiary alicyclic amines) is 1. The van der Waals surface area contributed by atoms with E-state index in [0.29, 0.717) is 11.7 Å². The molecule has 2 unspecified atom stereocenters. The number of piperidine rings is 1. The van der Waals surface area contributed by atoms with E-state index in [1.165, 1.54) is 12.8 Å². The number of nitrogens with zero attached hydrogens (tertiary/aromatic N) is 1. The van der Waals surface area contributed by atoms with E-state index in [2.05, 4.69) is 11.8 Å². The van der Waals surface area contributed by atoms with Crippen LogP contribution in [0.4, 0.5) is 0 Å². The number of halogens is 1. The third-order valence-corrected chi connectivity index (χ3v) is 3.93. The molecule has 4 nitrogen and oxygen atoms in total. The Morgan fingerprint density at radius 1 is 1.50 bits per heavy atom. The highest BCUT2D eigenvalue weighted by Gasteiger charge is 2.22. The number of nitrogens with two attached hydrogens (primary N) is 1. The molecule has 114 valence electrons. The van der Waals surface area contributed by atoms with Crippen molar-refractivity contribution in [2.45, 2.75) is 32.4 Å². The first-order chi connectivity index (χ1) is 9.10. The normalized spacial score (nSPS) is 21.1. The fourth-order valence-corrected chi connectivity index (χ4v) is 2.76. The Hall–Kier alpha value is -0.970. The standard InChI is InChI=1S/C15H24N2O2.ClH/c1-11(16)13-4-3-7-17(10-13)9-12-5-6-15(19-2)14(18)8-12;/h5-6,8,11,13,18H,3-4,7,9-10,16H2,1-2H3;1H. The molecule has 0 amide bonds. The molecule has 1 heterocycles. The van der Waals surface area contributed by atoms with Gasteiger partial charge in [0.25, 0.3) is 0 Å². The molecule has 1 saturated heterocycles. The van der Waals surface area contributed by atoms with Crippen LogP contribution in [0.1, 0.15) is 25.3 Å². The third kappa shape index (κ3) is 4.27. The van der Waals surface area contributed by atoms with Crippen molar-refractivity contribution in [1.29, 1.82) is 0 Å². The van der Waals surface area contributed by atoms with Crippen LogP contribution in [0.2, 0.25) is 0 Å². The Labute approximate surface area is 127 Å². The number of benzene rings is 1. The van der Waals surface area contributed by atoms with Crippen LogP contribution in [0.25, 0.3) is 0 Å². The van der Waals surface area contributed by atoms with E-state index in [1.807, 2.05) is 12.1 Å². The van der Waals surface area contributed by atoms with Gasteiger partial charge in [-0.05, 0) is 49.9 Å². The summed E-state index contributed by atoms with van der Waals surface area (Å²) >= 11 is 0. The number of methoxy groups -OCH3 is 1. The minimum absolute atomic E-state index is 0. The molecule has 2 atom stereocenters. The molecule has 1 aromatic rings. The van der Waals surface area contributed by atoms with Gasteiger partial charge in [-0.2, -0.15) is 0 Å². The summed E-state index contributed by atoms with van der Waals surface area (Å²) < 4.78 is 5.06. The number of phenolic OH excluding ortho intramolecular Hbond substituents is 1. The maximum absolute atomic E-state index is 9.80. The van der Waals surface area contributed by atoms with Gasteiger partial charge in [0, 0.05) is 19.1 Å². The summed E-state index contributed by atoms with van der Waals surface area (Å²) in [5, 5.41) is 9.80. The maximum atomic E-state index is 9.80. The van der Waals surface area contributed by atoms with Gasteiger partial charge in [0.15, 0.2) is 11.5 Å². The van der Waals surface area contributed by atoms with Crippen LogP contribution >= 0.6 is 12.4 Å². The van der Waals surface area contributed by atoms with Gasteiger partial charge in [-0.25, -0.2) is 0 Å². The number of aromatic hydroxyl groups is 1. The van der Waals surface area contributed by atoms with E-state index >= 15 is 0 Å². The number of phenols is 1. The van der Waals surface area contributed by atoms with Gasteiger partial charge >= 0.3 is 0 Å². The second-order valence-electron chi connectivity index (χ2n) is 5.50. The minimum Gasteiger partial charge on any atom is -0.504 e. The lowest BCUT2D eigenvalue weighted by Gasteiger charge is -2.34. The summed E-state index contributed by atoms with van der Waals surface area (Å²) in [7, 11) is 1.56. The second kappa shape index (κ2) is 7.72. The first-order valence-electron chi connectivity index (χ1n) is 6.94. The molecule has 3 N–H and O–H groups in total. The van der Waals surface area contributed by atoms with Gasteiger partial charge in [-0.1, -0.05) is 6.07 Å². The van der Waals surface area contributed by atoms with Crippen LogP contribution < -0.4 is 10.5 Å². The zero-order valence-electron chi connectivity index (χ0n) is 12.2. The molecule has 2 rings (SSSR count). The fourth-order valence-electron chi connectivity index (χ4n) is 2.76. The molecule has 5 heteroatoms. The molecular formula is C15H25ClN2O2. The Bertz CT molecular complexity index is 426. The zero-order valence-corrected chi connectivity index (χ0v) is 13.0. The van der Waals surface area contributed by atoms with Crippen molar-refractivity contribution in [1.82, 2.24) is 4.90 Å². The van der Waals surface area contributed by atoms with Crippen LogP contribution in [-0.4, -0.2) is 36.2 Å². The minimum atomic E-state index is 0. The van der Waals surface area contributed by atoms with Gasteiger partial charge in [0.1, 0.15) is 0 Å². The van der Waals surface area contributed by atoms with Crippen molar-refractivity contribution in [3.05, 3.63) is 23.8 Å². The smallest absolute Gasteiger partial charge is 0.160 e. The molecule has 0 saturated carbocycles. The molecule has 1 aliphatic rings. The number of hydrogen-bond donors (Lipinski definition) is 2. The molecule has 20 heavy (non-hydrogen) atoms. The van der Waals surface area contributed by atoms with Gasteiger partial charge in [0.2, 0.25) is 0 Å². The van der Waals surface area contributed by atoms with Crippen LogP contribution in [0.3, 0.4) is 0 Å². The maximum Gasteiger partial charge on any atom is 0.160 e. The number of rotatable bonds is 4. The Morgan fingerprint density at radius 2 is 2.25 bits per heavy atom. The van der Waals surface area contributed by atoms with Crippen molar-refractivity contribution < 1.29 is 9.84 Å². The summed E-state index contributed by atoms with van der Waals surface area (Å²) in [6.07, 6.45) is 2.43. The van der Waals surface area contributed by atoms with Crippen LogP contribution in [0.15, 0.2) is 18.2 Å². The first kappa shape index (κ1) is 17.1. The summed E-state index contributed by atoms with van der Waals surface area (Å²) in [4.78, 5) is 2.42. The molecule has 0 aromatic heterocycles. The highest BCUT2D eigenvalue weighted by molar-refractivity contribution is 5.85. The number of ether oxygens (including phenoxy) is 1. The van der Waals surface area contributed by atoms with Crippen LogP contribution in [0, 0.1) is 5.92 Å².